The van der Waals surface area contributed by atoms with Crippen LogP contribution in [-0.4, -0.2) is 24.6 Å². The summed E-state index contributed by atoms with van der Waals surface area (Å²) in [5.74, 6) is 0.891. The van der Waals surface area contributed by atoms with Gasteiger partial charge in [-0.05, 0) is 46.6 Å². The van der Waals surface area contributed by atoms with Gasteiger partial charge in [-0.15, -0.1) is 24.0 Å². The van der Waals surface area contributed by atoms with Crippen LogP contribution in [0.3, 0.4) is 0 Å². The third-order valence-electron chi connectivity index (χ3n) is 2.59. The average molecular weight is 389 g/mol. The van der Waals surface area contributed by atoms with Gasteiger partial charge in [0.15, 0.2) is 5.96 Å². The van der Waals surface area contributed by atoms with Crippen LogP contribution in [0.25, 0.3) is 0 Å². The molecule has 0 aliphatic heterocycles. The highest BCUT2D eigenvalue weighted by molar-refractivity contribution is 14.0. The first-order chi connectivity index (χ1) is 8.90. The maximum atomic E-state index is 4.62. The lowest BCUT2D eigenvalue weighted by Gasteiger charge is -2.23. The van der Waals surface area contributed by atoms with E-state index in [1.165, 1.54) is 11.1 Å². The summed E-state index contributed by atoms with van der Waals surface area (Å²) < 4.78 is 0. The maximum absolute atomic E-state index is 4.62. The van der Waals surface area contributed by atoms with E-state index in [2.05, 4.69) is 74.5 Å². The molecule has 0 aliphatic rings. The molecule has 0 spiro atoms. The Hall–Kier alpha value is -0.780. The van der Waals surface area contributed by atoms with E-state index >= 15 is 0 Å². The molecule has 0 amide bonds. The van der Waals surface area contributed by atoms with Gasteiger partial charge >= 0.3 is 0 Å². The summed E-state index contributed by atoms with van der Waals surface area (Å²) in [6.45, 7) is 12.3. The predicted molar refractivity (Wildman–Crippen MR) is 99.2 cm³/mol. The number of hydrogen-bond acceptors (Lipinski definition) is 1. The van der Waals surface area contributed by atoms with Crippen LogP contribution in [-0.2, 0) is 6.42 Å². The molecule has 1 rings (SSSR count). The van der Waals surface area contributed by atoms with Crippen LogP contribution in [0.1, 0.15) is 38.8 Å². The zero-order valence-electron chi connectivity index (χ0n) is 13.3. The summed E-state index contributed by atoms with van der Waals surface area (Å²) in [6, 6.07) is 8.61. The Morgan fingerprint density at radius 2 is 1.95 bits per heavy atom. The molecule has 1 aromatic rings. The lowest BCUT2D eigenvalue weighted by Crippen LogP contribution is -2.47. The van der Waals surface area contributed by atoms with Crippen molar-refractivity contribution in [3.05, 3.63) is 35.4 Å². The van der Waals surface area contributed by atoms with Crippen LogP contribution in [0, 0.1) is 6.92 Å². The molecule has 0 fully saturated rings. The molecule has 0 aliphatic carbocycles. The highest BCUT2D eigenvalue weighted by Gasteiger charge is 2.11. The van der Waals surface area contributed by atoms with Crippen molar-refractivity contribution < 1.29 is 0 Å². The molecule has 0 saturated carbocycles. The smallest absolute Gasteiger partial charge is 0.191 e. The first-order valence-corrected chi connectivity index (χ1v) is 7.03. The van der Waals surface area contributed by atoms with E-state index in [0.717, 1.165) is 25.5 Å². The molecular weight excluding hydrogens is 361 g/mol. The van der Waals surface area contributed by atoms with Crippen molar-refractivity contribution in [3.63, 3.8) is 0 Å². The second-order valence-electron chi connectivity index (χ2n) is 5.87. The Morgan fingerprint density at radius 1 is 1.25 bits per heavy atom. The monoisotopic (exact) mass is 389 g/mol. The summed E-state index contributed by atoms with van der Waals surface area (Å²) in [5.41, 5.74) is 2.68. The minimum Gasteiger partial charge on any atom is -0.357 e. The number of aryl methyl sites for hydroxylation is 1. The van der Waals surface area contributed by atoms with Crippen molar-refractivity contribution in [1.29, 1.82) is 0 Å². The van der Waals surface area contributed by atoms with Crippen LogP contribution in [0.5, 0.6) is 0 Å². The summed E-state index contributed by atoms with van der Waals surface area (Å²) in [6.07, 6.45) is 0.975. The Bertz CT molecular complexity index is 422. The van der Waals surface area contributed by atoms with Crippen LogP contribution >= 0.6 is 24.0 Å². The number of nitrogens with one attached hydrogen (secondary N) is 2. The summed E-state index contributed by atoms with van der Waals surface area (Å²) >= 11 is 0. The fraction of sp³-hybridized carbons (Fsp3) is 0.562. The zero-order chi connectivity index (χ0) is 14.3. The second-order valence-corrected chi connectivity index (χ2v) is 5.87. The van der Waals surface area contributed by atoms with Gasteiger partial charge in [-0.2, -0.15) is 0 Å². The number of halogens is 1. The van der Waals surface area contributed by atoms with Crippen molar-refractivity contribution in [2.75, 3.05) is 13.1 Å². The molecule has 0 atom stereocenters. The largest absolute Gasteiger partial charge is 0.357 e. The number of hydrogen-bond donors (Lipinski definition) is 2. The minimum absolute atomic E-state index is 0. The topological polar surface area (TPSA) is 36.4 Å². The molecular formula is C16H28IN3. The molecule has 3 nitrogen and oxygen atoms in total. The van der Waals surface area contributed by atoms with Crippen molar-refractivity contribution in [1.82, 2.24) is 10.6 Å². The summed E-state index contributed by atoms with van der Waals surface area (Å²) in [4.78, 5) is 4.62. The maximum Gasteiger partial charge on any atom is 0.191 e. The molecule has 1 aromatic carbocycles. The van der Waals surface area contributed by atoms with Crippen molar-refractivity contribution >= 4 is 29.9 Å². The predicted octanol–water partition coefficient (Wildman–Crippen LogP) is 3.51. The highest BCUT2D eigenvalue weighted by Crippen LogP contribution is 2.05. The van der Waals surface area contributed by atoms with E-state index in [1.54, 1.807) is 0 Å². The SMILES string of the molecule is CCNC(=NCCc1cccc(C)c1)NC(C)(C)C.I. The molecule has 114 valence electrons. The molecule has 0 bridgehead atoms. The lowest BCUT2D eigenvalue weighted by atomic mass is 10.1. The first kappa shape index (κ1) is 19.2. The summed E-state index contributed by atoms with van der Waals surface area (Å²) in [5, 5.41) is 6.67. The van der Waals surface area contributed by atoms with Gasteiger partial charge < -0.3 is 10.6 Å². The van der Waals surface area contributed by atoms with Gasteiger partial charge in [0.05, 0.1) is 0 Å². The van der Waals surface area contributed by atoms with E-state index in [9.17, 15) is 0 Å². The quantitative estimate of drug-likeness (QED) is 0.470. The Morgan fingerprint density at radius 3 is 2.50 bits per heavy atom. The highest BCUT2D eigenvalue weighted by atomic mass is 127. The Kier molecular flexibility index (Phi) is 8.85. The van der Waals surface area contributed by atoms with Gasteiger partial charge in [0, 0.05) is 18.6 Å². The van der Waals surface area contributed by atoms with Crippen molar-refractivity contribution in [3.8, 4) is 0 Å². The van der Waals surface area contributed by atoms with Gasteiger partial charge in [0.2, 0.25) is 0 Å². The molecule has 0 saturated heterocycles. The second kappa shape index (κ2) is 9.21. The van der Waals surface area contributed by atoms with Crippen molar-refractivity contribution in [2.24, 2.45) is 4.99 Å². The Labute approximate surface area is 140 Å². The fourth-order valence-corrected chi connectivity index (χ4v) is 1.83. The minimum atomic E-state index is 0. The standard InChI is InChI=1S/C16H27N3.HI/c1-6-17-15(19-16(3,4)5)18-11-10-14-9-7-8-13(2)12-14;/h7-9,12H,6,10-11H2,1-5H3,(H2,17,18,19);1H. The number of nitrogens with zero attached hydrogens (tertiary/aromatic N) is 1. The number of guanidine groups is 1. The van der Waals surface area contributed by atoms with Gasteiger partial charge in [-0.1, -0.05) is 29.8 Å². The van der Waals surface area contributed by atoms with E-state index < -0.39 is 0 Å². The average Bonchev–Trinajstić information content (AvgIpc) is 2.27. The van der Waals surface area contributed by atoms with Crippen LogP contribution in [0.4, 0.5) is 0 Å². The first-order valence-electron chi connectivity index (χ1n) is 7.03. The number of benzene rings is 1. The molecule has 4 heteroatoms. The van der Waals surface area contributed by atoms with Crippen molar-refractivity contribution in [2.45, 2.75) is 46.6 Å². The molecule has 0 radical (unpaired) electrons. The fourth-order valence-electron chi connectivity index (χ4n) is 1.83. The van der Waals surface area contributed by atoms with E-state index in [1.807, 2.05) is 0 Å². The Balaban J connectivity index is 0.00000361. The normalized spacial score (nSPS) is 11.8. The third kappa shape index (κ3) is 8.40. The van der Waals surface area contributed by atoms with Gasteiger partial charge in [0.25, 0.3) is 0 Å². The van der Waals surface area contributed by atoms with E-state index in [-0.39, 0.29) is 29.5 Å². The van der Waals surface area contributed by atoms with E-state index in [4.69, 9.17) is 0 Å². The summed E-state index contributed by atoms with van der Waals surface area (Å²) in [7, 11) is 0. The van der Waals surface area contributed by atoms with Gasteiger partial charge in [0.1, 0.15) is 0 Å². The molecule has 2 N–H and O–H groups in total. The van der Waals surface area contributed by atoms with E-state index in [0.29, 0.717) is 0 Å². The van der Waals surface area contributed by atoms with Crippen LogP contribution < -0.4 is 10.6 Å². The van der Waals surface area contributed by atoms with Crippen LogP contribution in [0.15, 0.2) is 29.3 Å². The number of rotatable bonds is 4. The molecule has 0 heterocycles. The lowest BCUT2D eigenvalue weighted by molar-refractivity contribution is 0.501. The van der Waals surface area contributed by atoms with Gasteiger partial charge in [-0.25, -0.2) is 0 Å². The zero-order valence-corrected chi connectivity index (χ0v) is 15.6. The molecule has 0 aromatic heterocycles. The molecule has 0 unspecified atom stereocenters. The number of aliphatic imine (C=N–C) groups is 1. The third-order valence-corrected chi connectivity index (χ3v) is 2.59. The van der Waals surface area contributed by atoms with Crippen LogP contribution in [0.2, 0.25) is 0 Å². The van der Waals surface area contributed by atoms with Gasteiger partial charge in [-0.3, -0.25) is 4.99 Å². The molecule has 20 heavy (non-hydrogen) atoms.